The van der Waals surface area contributed by atoms with Crippen LogP contribution in [0.4, 0.5) is 11.6 Å². The van der Waals surface area contributed by atoms with Gasteiger partial charge in [-0.3, -0.25) is 0 Å². The van der Waals surface area contributed by atoms with Crippen LogP contribution in [-0.4, -0.2) is 41.1 Å². The molecule has 0 N–H and O–H groups in total. The van der Waals surface area contributed by atoms with E-state index in [1.165, 1.54) is 0 Å². The molecule has 0 radical (unpaired) electrons. The molecule has 3 rings (SSSR count). The summed E-state index contributed by atoms with van der Waals surface area (Å²) in [6, 6.07) is 6.54. The normalized spacial score (nSPS) is 18.0. The molecule has 110 valence electrons. The summed E-state index contributed by atoms with van der Waals surface area (Å²) in [5.74, 6) is 2.02. The number of anilines is 2. The molecule has 0 spiro atoms. The van der Waals surface area contributed by atoms with E-state index in [0.717, 1.165) is 41.3 Å². The molecule has 0 aliphatic carbocycles. The van der Waals surface area contributed by atoms with Crippen molar-refractivity contribution in [2.24, 2.45) is 0 Å². The van der Waals surface area contributed by atoms with E-state index in [-0.39, 0.29) is 0 Å². The molecule has 1 atom stereocenters. The molecule has 21 heavy (non-hydrogen) atoms. The predicted octanol–water partition coefficient (Wildman–Crippen LogP) is 2.66. The van der Waals surface area contributed by atoms with Crippen LogP contribution in [0, 0.1) is 6.92 Å². The third-order valence-electron chi connectivity index (χ3n) is 3.97. The second kappa shape index (κ2) is 5.97. The predicted molar refractivity (Wildman–Crippen MR) is 87.7 cm³/mol. The largest absolute Gasteiger partial charge is 0.355 e. The number of rotatable bonds is 3. The minimum Gasteiger partial charge on any atom is -0.355 e. The Kier molecular flexibility index (Phi) is 4.05. The molecule has 1 unspecified atom stereocenters. The molecule has 2 aromatic heterocycles. The molecule has 0 bridgehead atoms. The van der Waals surface area contributed by atoms with Gasteiger partial charge >= 0.3 is 0 Å². The molecular formula is C15H18BrN5. The Morgan fingerprint density at radius 2 is 2.19 bits per heavy atom. The topological polar surface area (TPSA) is 45.2 Å². The van der Waals surface area contributed by atoms with Crippen molar-refractivity contribution in [3.05, 3.63) is 40.9 Å². The van der Waals surface area contributed by atoms with Crippen LogP contribution >= 0.6 is 15.9 Å². The monoisotopic (exact) mass is 347 g/mol. The fraction of sp³-hybridized carbons (Fsp3) is 0.400. The van der Waals surface area contributed by atoms with Crippen LogP contribution in [-0.2, 0) is 0 Å². The van der Waals surface area contributed by atoms with Crippen LogP contribution in [0.15, 0.2) is 35.2 Å². The van der Waals surface area contributed by atoms with E-state index in [1.807, 2.05) is 13.0 Å². The summed E-state index contributed by atoms with van der Waals surface area (Å²) in [7, 11) is 2.09. The highest BCUT2D eigenvalue weighted by molar-refractivity contribution is 9.10. The van der Waals surface area contributed by atoms with Crippen LogP contribution in [0.5, 0.6) is 0 Å². The first-order valence-corrected chi connectivity index (χ1v) is 7.81. The quantitative estimate of drug-likeness (QED) is 0.853. The minimum atomic E-state index is 0.450. The highest BCUT2D eigenvalue weighted by Gasteiger charge is 2.27. The molecule has 1 aliphatic heterocycles. The average Bonchev–Trinajstić information content (AvgIpc) is 3.00. The number of hydrogen-bond acceptors (Lipinski definition) is 5. The van der Waals surface area contributed by atoms with Gasteiger partial charge in [0.1, 0.15) is 18.0 Å². The lowest BCUT2D eigenvalue weighted by atomic mass is 10.2. The first-order valence-electron chi connectivity index (χ1n) is 7.02. The molecule has 1 aliphatic rings. The van der Waals surface area contributed by atoms with Gasteiger partial charge in [0.25, 0.3) is 0 Å². The summed E-state index contributed by atoms with van der Waals surface area (Å²) >= 11 is 3.50. The Hall–Kier alpha value is -1.69. The number of likely N-dealkylation sites (N-methyl/N-ethyl adjacent to an activating group) is 1. The van der Waals surface area contributed by atoms with Gasteiger partial charge in [-0.2, -0.15) is 0 Å². The zero-order valence-electron chi connectivity index (χ0n) is 12.2. The number of aromatic nitrogens is 3. The molecule has 1 fully saturated rings. The SMILES string of the molecule is Cc1nc(N2CCC(N(C)c3ccncn3)C2)ccc1Br. The van der Waals surface area contributed by atoms with Gasteiger partial charge in [0.15, 0.2) is 0 Å². The third-order valence-corrected chi connectivity index (χ3v) is 4.81. The zero-order chi connectivity index (χ0) is 14.8. The highest BCUT2D eigenvalue weighted by atomic mass is 79.9. The highest BCUT2D eigenvalue weighted by Crippen LogP contribution is 2.25. The lowest BCUT2D eigenvalue weighted by molar-refractivity contribution is 0.683. The second-order valence-electron chi connectivity index (χ2n) is 5.30. The van der Waals surface area contributed by atoms with E-state index in [9.17, 15) is 0 Å². The van der Waals surface area contributed by atoms with E-state index < -0.39 is 0 Å². The fourth-order valence-electron chi connectivity index (χ4n) is 2.65. The van der Waals surface area contributed by atoms with Crippen molar-refractivity contribution in [2.75, 3.05) is 29.9 Å². The molecule has 6 heteroatoms. The van der Waals surface area contributed by atoms with Crippen molar-refractivity contribution in [1.82, 2.24) is 15.0 Å². The third kappa shape index (κ3) is 3.00. The van der Waals surface area contributed by atoms with E-state index in [0.29, 0.717) is 6.04 Å². The Bertz CT molecular complexity index is 619. The van der Waals surface area contributed by atoms with E-state index in [2.05, 4.69) is 59.9 Å². The lowest BCUT2D eigenvalue weighted by Crippen LogP contribution is -2.35. The Morgan fingerprint density at radius 3 is 2.90 bits per heavy atom. The van der Waals surface area contributed by atoms with E-state index in [1.54, 1.807) is 12.5 Å². The van der Waals surface area contributed by atoms with Crippen LogP contribution in [0.2, 0.25) is 0 Å². The molecule has 5 nitrogen and oxygen atoms in total. The summed E-state index contributed by atoms with van der Waals surface area (Å²) in [5.41, 5.74) is 1.03. The van der Waals surface area contributed by atoms with Crippen LogP contribution in [0.1, 0.15) is 12.1 Å². The van der Waals surface area contributed by atoms with Crippen molar-refractivity contribution >= 4 is 27.6 Å². The Balaban J connectivity index is 1.72. The molecule has 3 heterocycles. The number of halogens is 1. The van der Waals surface area contributed by atoms with Crippen LogP contribution in [0.3, 0.4) is 0 Å². The van der Waals surface area contributed by atoms with Gasteiger partial charge in [0.05, 0.1) is 5.69 Å². The number of aryl methyl sites for hydroxylation is 1. The number of pyridine rings is 1. The van der Waals surface area contributed by atoms with Crippen LogP contribution in [0.25, 0.3) is 0 Å². The number of hydrogen-bond donors (Lipinski definition) is 0. The minimum absolute atomic E-state index is 0.450. The smallest absolute Gasteiger partial charge is 0.131 e. The number of nitrogens with zero attached hydrogens (tertiary/aromatic N) is 5. The lowest BCUT2D eigenvalue weighted by Gasteiger charge is -2.26. The molecule has 0 aromatic carbocycles. The first-order chi connectivity index (χ1) is 10.1. The summed E-state index contributed by atoms with van der Waals surface area (Å²) in [4.78, 5) is 17.5. The first kappa shape index (κ1) is 14.3. The van der Waals surface area contributed by atoms with Gasteiger partial charge in [0.2, 0.25) is 0 Å². The van der Waals surface area contributed by atoms with Gasteiger partial charge in [-0.15, -0.1) is 0 Å². The maximum Gasteiger partial charge on any atom is 0.131 e. The average molecular weight is 348 g/mol. The summed E-state index contributed by atoms with van der Waals surface area (Å²) in [6.07, 6.45) is 4.49. The van der Waals surface area contributed by atoms with Gasteiger partial charge in [-0.1, -0.05) is 0 Å². The fourth-order valence-corrected chi connectivity index (χ4v) is 2.87. The maximum absolute atomic E-state index is 4.66. The van der Waals surface area contributed by atoms with E-state index >= 15 is 0 Å². The zero-order valence-corrected chi connectivity index (χ0v) is 13.8. The van der Waals surface area contributed by atoms with E-state index in [4.69, 9.17) is 0 Å². The summed E-state index contributed by atoms with van der Waals surface area (Å²) in [5, 5.41) is 0. The van der Waals surface area contributed by atoms with Gasteiger partial charge in [-0.25, -0.2) is 15.0 Å². The van der Waals surface area contributed by atoms with Crippen molar-refractivity contribution in [3.8, 4) is 0 Å². The Morgan fingerprint density at radius 1 is 1.33 bits per heavy atom. The van der Waals surface area contributed by atoms with Crippen molar-refractivity contribution in [2.45, 2.75) is 19.4 Å². The molecule has 1 saturated heterocycles. The molecular weight excluding hydrogens is 330 g/mol. The Labute approximate surface area is 133 Å². The summed E-state index contributed by atoms with van der Waals surface area (Å²) < 4.78 is 1.06. The standard InChI is InChI=1S/C15H18BrN5/c1-11-13(16)3-4-15(19-11)21-8-6-12(9-21)20(2)14-5-7-17-10-18-14/h3-5,7,10,12H,6,8-9H2,1-2H3. The van der Waals surface area contributed by atoms with Crippen molar-refractivity contribution in [3.63, 3.8) is 0 Å². The molecule has 2 aromatic rings. The van der Waals surface area contributed by atoms with Gasteiger partial charge in [0, 0.05) is 36.8 Å². The van der Waals surface area contributed by atoms with Crippen LogP contribution < -0.4 is 9.80 Å². The molecule has 0 saturated carbocycles. The van der Waals surface area contributed by atoms with Crippen molar-refractivity contribution < 1.29 is 0 Å². The van der Waals surface area contributed by atoms with Gasteiger partial charge < -0.3 is 9.80 Å². The second-order valence-corrected chi connectivity index (χ2v) is 6.16. The maximum atomic E-state index is 4.66. The van der Waals surface area contributed by atoms with Gasteiger partial charge in [-0.05, 0) is 47.5 Å². The molecule has 0 amide bonds. The van der Waals surface area contributed by atoms with Crippen molar-refractivity contribution in [1.29, 1.82) is 0 Å². The summed E-state index contributed by atoms with van der Waals surface area (Å²) in [6.45, 7) is 4.01.